The highest BCUT2D eigenvalue weighted by molar-refractivity contribution is 5.72. The molecular formula is C15H22O3. The van der Waals surface area contributed by atoms with Crippen molar-refractivity contribution in [3.05, 3.63) is 24.3 Å². The lowest BCUT2D eigenvalue weighted by Crippen LogP contribution is -2.12. The van der Waals surface area contributed by atoms with Crippen molar-refractivity contribution >= 4 is 5.97 Å². The lowest BCUT2D eigenvalue weighted by molar-refractivity contribution is -0.135. The molecule has 1 rings (SSSR count). The van der Waals surface area contributed by atoms with Gasteiger partial charge in [0.1, 0.15) is 11.5 Å². The predicted molar refractivity (Wildman–Crippen MR) is 71.9 cm³/mol. The molecule has 0 unspecified atom stereocenters. The first-order chi connectivity index (χ1) is 8.65. The molecule has 3 nitrogen and oxygen atoms in total. The van der Waals surface area contributed by atoms with Crippen LogP contribution in [-0.4, -0.2) is 13.1 Å². The van der Waals surface area contributed by atoms with Crippen LogP contribution in [0.4, 0.5) is 0 Å². The summed E-state index contributed by atoms with van der Waals surface area (Å²) in [4.78, 5) is 11.7. The van der Waals surface area contributed by atoms with Crippen LogP contribution in [0.3, 0.4) is 0 Å². The van der Waals surface area contributed by atoms with Gasteiger partial charge in [-0.1, -0.05) is 33.1 Å². The Morgan fingerprint density at radius 3 is 2.39 bits per heavy atom. The molecule has 0 aliphatic carbocycles. The van der Waals surface area contributed by atoms with E-state index in [0.29, 0.717) is 18.1 Å². The Morgan fingerprint density at radius 1 is 1.22 bits per heavy atom. The van der Waals surface area contributed by atoms with Gasteiger partial charge in [-0.3, -0.25) is 4.79 Å². The third-order valence-electron chi connectivity index (χ3n) is 2.86. The van der Waals surface area contributed by atoms with Crippen LogP contribution in [0.25, 0.3) is 0 Å². The van der Waals surface area contributed by atoms with Crippen LogP contribution in [0.1, 0.15) is 39.5 Å². The second-order valence-corrected chi connectivity index (χ2v) is 4.60. The molecule has 0 aromatic heterocycles. The number of rotatable bonds is 7. The Balaban J connectivity index is 2.39. The third kappa shape index (κ3) is 5.21. The summed E-state index contributed by atoms with van der Waals surface area (Å²) in [5, 5.41) is 0. The van der Waals surface area contributed by atoms with E-state index >= 15 is 0 Å². The van der Waals surface area contributed by atoms with Crippen molar-refractivity contribution in [2.75, 3.05) is 7.11 Å². The van der Waals surface area contributed by atoms with E-state index in [1.807, 2.05) is 0 Å². The summed E-state index contributed by atoms with van der Waals surface area (Å²) in [6.45, 7) is 4.24. The standard InChI is InChI=1S/C15H22O3/c1-4-5-6-12(2)11-15(16)18-14-9-7-13(17-3)8-10-14/h7-10,12H,4-6,11H2,1-3H3/t12-/m1/s1. The van der Waals surface area contributed by atoms with Crippen LogP contribution < -0.4 is 9.47 Å². The van der Waals surface area contributed by atoms with Crippen LogP contribution >= 0.6 is 0 Å². The molecule has 100 valence electrons. The molecule has 1 aromatic carbocycles. The molecule has 0 aliphatic heterocycles. The number of ether oxygens (including phenoxy) is 2. The minimum absolute atomic E-state index is 0.163. The van der Waals surface area contributed by atoms with Crippen LogP contribution in [0.2, 0.25) is 0 Å². The van der Waals surface area contributed by atoms with Gasteiger partial charge >= 0.3 is 5.97 Å². The van der Waals surface area contributed by atoms with Gasteiger partial charge in [-0.15, -0.1) is 0 Å². The zero-order valence-electron chi connectivity index (χ0n) is 11.4. The van der Waals surface area contributed by atoms with E-state index in [-0.39, 0.29) is 5.97 Å². The summed E-state index contributed by atoms with van der Waals surface area (Å²) in [6.07, 6.45) is 3.88. The van der Waals surface area contributed by atoms with Crippen molar-refractivity contribution in [1.29, 1.82) is 0 Å². The molecule has 1 atom stereocenters. The smallest absolute Gasteiger partial charge is 0.311 e. The Morgan fingerprint density at radius 2 is 1.83 bits per heavy atom. The Kier molecular flexibility index (Phi) is 6.26. The first-order valence-corrected chi connectivity index (χ1v) is 6.50. The minimum Gasteiger partial charge on any atom is -0.497 e. The topological polar surface area (TPSA) is 35.5 Å². The van der Waals surface area contributed by atoms with Crippen LogP contribution in [0, 0.1) is 5.92 Å². The van der Waals surface area contributed by atoms with Gasteiger partial charge in [0.15, 0.2) is 0 Å². The lowest BCUT2D eigenvalue weighted by atomic mass is 10.0. The first kappa shape index (κ1) is 14.6. The summed E-state index contributed by atoms with van der Waals surface area (Å²) in [5.41, 5.74) is 0. The monoisotopic (exact) mass is 250 g/mol. The molecule has 18 heavy (non-hydrogen) atoms. The maximum atomic E-state index is 11.7. The normalized spacial score (nSPS) is 11.9. The maximum absolute atomic E-state index is 11.7. The Hall–Kier alpha value is -1.51. The third-order valence-corrected chi connectivity index (χ3v) is 2.86. The SMILES string of the molecule is CCCC[C@@H](C)CC(=O)Oc1ccc(OC)cc1. The van der Waals surface area contributed by atoms with Gasteiger partial charge in [0.2, 0.25) is 0 Å². The highest BCUT2D eigenvalue weighted by atomic mass is 16.5. The second kappa shape index (κ2) is 7.75. The molecule has 0 saturated heterocycles. The fourth-order valence-corrected chi connectivity index (χ4v) is 1.76. The number of hydrogen-bond acceptors (Lipinski definition) is 3. The van der Waals surface area contributed by atoms with E-state index in [2.05, 4.69) is 13.8 Å². The number of benzene rings is 1. The first-order valence-electron chi connectivity index (χ1n) is 6.50. The van der Waals surface area contributed by atoms with Gasteiger partial charge in [0.25, 0.3) is 0 Å². The molecule has 3 heteroatoms. The molecule has 0 radical (unpaired) electrons. The number of carbonyl (C=O) groups is 1. The summed E-state index contributed by atoms with van der Waals surface area (Å²) in [5.74, 6) is 1.55. The van der Waals surface area contributed by atoms with Crippen molar-refractivity contribution in [3.8, 4) is 11.5 Å². The van der Waals surface area contributed by atoms with Crippen LogP contribution in [0.5, 0.6) is 11.5 Å². The summed E-state index contributed by atoms with van der Waals surface area (Å²) >= 11 is 0. The van der Waals surface area contributed by atoms with Crippen molar-refractivity contribution in [2.45, 2.75) is 39.5 Å². The summed E-state index contributed by atoms with van der Waals surface area (Å²) in [7, 11) is 1.61. The molecule has 0 N–H and O–H groups in total. The largest absolute Gasteiger partial charge is 0.497 e. The fourth-order valence-electron chi connectivity index (χ4n) is 1.76. The molecule has 0 spiro atoms. The second-order valence-electron chi connectivity index (χ2n) is 4.60. The predicted octanol–water partition coefficient (Wildman–Crippen LogP) is 3.82. The maximum Gasteiger partial charge on any atom is 0.311 e. The highest BCUT2D eigenvalue weighted by Gasteiger charge is 2.10. The summed E-state index contributed by atoms with van der Waals surface area (Å²) < 4.78 is 10.3. The number of methoxy groups -OCH3 is 1. The minimum atomic E-state index is -0.163. The van der Waals surface area contributed by atoms with Crippen LogP contribution in [-0.2, 0) is 4.79 Å². The number of esters is 1. The van der Waals surface area contributed by atoms with E-state index in [1.165, 1.54) is 0 Å². The van der Waals surface area contributed by atoms with Gasteiger partial charge < -0.3 is 9.47 Å². The lowest BCUT2D eigenvalue weighted by Gasteiger charge is -2.10. The van der Waals surface area contributed by atoms with Gasteiger partial charge in [-0.25, -0.2) is 0 Å². The van der Waals surface area contributed by atoms with E-state index < -0.39 is 0 Å². The van der Waals surface area contributed by atoms with E-state index in [1.54, 1.807) is 31.4 Å². The molecule has 1 aromatic rings. The van der Waals surface area contributed by atoms with Crippen LogP contribution in [0.15, 0.2) is 24.3 Å². The van der Waals surface area contributed by atoms with Gasteiger partial charge in [-0.05, 0) is 30.2 Å². The summed E-state index contributed by atoms with van der Waals surface area (Å²) in [6, 6.07) is 7.05. The van der Waals surface area contributed by atoms with E-state index in [9.17, 15) is 4.79 Å². The van der Waals surface area contributed by atoms with Gasteiger partial charge in [0, 0.05) is 6.42 Å². The zero-order chi connectivity index (χ0) is 13.4. The average molecular weight is 250 g/mol. The Labute approximate surface area is 109 Å². The molecule has 0 saturated carbocycles. The molecule has 0 aliphatic rings. The molecule has 0 heterocycles. The van der Waals surface area contributed by atoms with Gasteiger partial charge in [-0.2, -0.15) is 0 Å². The quantitative estimate of drug-likeness (QED) is 0.545. The number of carbonyl (C=O) groups excluding carboxylic acids is 1. The number of hydrogen-bond donors (Lipinski definition) is 0. The molecular weight excluding hydrogens is 228 g/mol. The molecule has 0 fully saturated rings. The fraction of sp³-hybridized carbons (Fsp3) is 0.533. The van der Waals surface area contributed by atoms with E-state index in [0.717, 1.165) is 25.0 Å². The zero-order valence-corrected chi connectivity index (χ0v) is 11.4. The highest BCUT2D eigenvalue weighted by Crippen LogP contribution is 2.19. The molecule has 0 amide bonds. The van der Waals surface area contributed by atoms with Gasteiger partial charge in [0.05, 0.1) is 7.11 Å². The van der Waals surface area contributed by atoms with E-state index in [4.69, 9.17) is 9.47 Å². The average Bonchev–Trinajstić information content (AvgIpc) is 2.37. The number of unbranched alkanes of at least 4 members (excludes halogenated alkanes) is 1. The van der Waals surface area contributed by atoms with Crippen molar-refractivity contribution in [2.24, 2.45) is 5.92 Å². The van der Waals surface area contributed by atoms with Crippen molar-refractivity contribution < 1.29 is 14.3 Å². The molecule has 0 bridgehead atoms. The van der Waals surface area contributed by atoms with Crippen molar-refractivity contribution in [3.63, 3.8) is 0 Å². The van der Waals surface area contributed by atoms with Crippen molar-refractivity contribution in [1.82, 2.24) is 0 Å². The Bertz CT molecular complexity index is 357.